The summed E-state index contributed by atoms with van der Waals surface area (Å²) >= 11 is 0. The standard InChI is InChI=1S/C15H14N4O2/c16-15(17)13-8-11(5-6-18-13)21-10-2-3-12-9(7-10)1-4-14(20)19-12/h2-3,5-8H,1,4H2,(H3,16,17)(H,19,20). The fraction of sp³-hybridized carbons (Fsp3) is 0.133. The second-order valence-electron chi connectivity index (χ2n) is 4.76. The van der Waals surface area contributed by atoms with Crippen molar-refractivity contribution in [3.8, 4) is 11.5 Å². The minimum Gasteiger partial charge on any atom is -0.457 e. The Kier molecular flexibility index (Phi) is 3.27. The number of aryl methyl sites for hydroxylation is 1. The Morgan fingerprint density at radius 2 is 2.05 bits per heavy atom. The predicted molar refractivity (Wildman–Crippen MR) is 78.7 cm³/mol. The van der Waals surface area contributed by atoms with E-state index in [0.29, 0.717) is 30.0 Å². The maximum Gasteiger partial charge on any atom is 0.224 e. The van der Waals surface area contributed by atoms with Crippen LogP contribution in [0.5, 0.6) is 11.5 Å². The van der Waals surface area contributed by atoms with E-state index in [1.165, 1.54) is 0 Å². The molecule has 1 aliphatic rings. The molecule has 6 heteroatoms. The van der Waals surface area contributed by atoms with Crippen molar-refractivity contribution >= 4 is 17.4 Å². The molecule has 2 heterocycles. The van der Waals surface area contributed by atoms with Crippen LogP contribution >= 0.6 is 0 Å². The molecule has 0 aliphatic carbocycles. The Morgan fingerprint density at radius 1 is 1.24 bits per heavy atom. The smallest absolute Gasteiger partial charge is 0.224 e. The van der Waals surface area contributed by atoms with Gasteiger partial charge in [0.05, 0.1) is 0 Å². The highest BCUT2D eigenvalue weighted by atomic mass is 16.5. The Bertz CT molecular complexity index is 727. The summed E-state index contributed by atoms with van der Waals surface area (Å²) in [4.78, 5) is 15.3. The lowest BCUT2D eigenvalue weighted by Crippen LogP contribution is -2.18. The predicted octanol–water partition coefficient (Wildman–Crippen LogP) is 2.04. The first kappa shape index (κ1) is 13.1. The normalized spacial score (nSPS) is 13.2. The number of nitrogens with zero attached hydrogens (tertiary/aromatic N) is 1. The lowest BCUT2D eigenvalue weighted by molar-refractivity contribution is -0.116. The average molecular weight is 282 g/mol. The topological polar surface area (TPSA) is 101 Å². The molecule has 0 fully saturated rings. The van der Waals surface area contributed by atoms with Crippen molar-refractivity contribution in [1.82, 2.24) is 4.98 Å². The van der Waals surface area contributed by atoms with Gasteiger partial charge in [-0.1, -0.05) is 0 Å². The lowest BCUT2D eigenvalue weighted by atomic mass is 10.0. The van der Waals surface area contributed by atoms with E-state index in [-0.39, 0.29) is 11.7 Å². The molecular formula is C15H14N4O2. The third-order valence-corrected chi connectivity index (χ3v) is 3.22. The summed E-state index contributed by atoms with van der Waals surface area (Å²) < 4.78 is 5.76. The van der Waals surface area contributed by atoms with Gasteiger partial charge in [-0.05, 0) is 36.2 Å². The number of nitrogens with one attached hydrogen (secondary N) is 2. The van der Waals surface area contributed by atoms with Crippen LogP contribution < -0.4 is 15.8 Å². The van der Waals surface area contributed by atoms with Gasteiger partial charge in [0, 0.05) is 24.4 Å². The van der Waals surface area contributed by atoms with Gasteiger partial charge in [-0.3, -0.25) is 15.2 Å². The molecule has 2 aromatic rings. The number of amidine groups is 1. The number of ether oxygens (including phenoxy) is 1. The largest absolute Gasteiger partial charge is 0.457 e. The number of aromatic nitrogens is 1. The van der Waals surface area contributed by atoms with Crippen LogP contribution in [0.1, 0.15) is 17.7 Å². The van der Waals surface area contributed by atoms with Crippen molar-refractivity contribution in [1.29, 1.82) is 5.41 Å². The Morgan fingerprint density at radius 3 is 2.86 bits per heavy atom. The van der Waals surface area contributed by atoms with Crippen LogP contribution in [0.25, 0.3) is 0 Å². The minimum absolute atomic E-state index is 0.0383. The van der Waals surface area contributed by atoms with E-state index >= 15 is 0 Å². The molecule has 1 aromatic heterocycles. The SMILES string of the molecule is N=C(N)c1cc(Oc2ccc3c(c2)CCC(=O)N3)ccn1. The monoisotopic (exact) mass is 282 g/mol. The molecule has 3 rings (SSSR count). The number of fused-ring (bicyclic) bond motifs is 1. The molecule has 0 radical (unpaired) electrons. The van der Waals surface area contributed by atoms with E-state index < -0.39 is 0 Å². The van der Waals surface area contributed by atoms with E-state index in [9.17, 15) is 4.79 Å². The molecule has 1 aromatic carbocycles. The summed E-state index contributed by atoms with van der Waals surface area (Å²) in [6.07, 6.45) is 2.73. The molecule has 1 aliphatic heterocycles. The second-order valence-corrected chi connectivity index (χ2v) is 4.76. The molecule has 0 atom stereocenters. The molecule has 106 valence electrons. The zero-order chi connectivity index (χ0) is 14.8. The fourth-order valence-corrected chi connectivity index (χ4v) is 2.18. The zero-order valence-electron chi connectivity index (χ0n) is 11.2. The number of anilines is 1. The summed E-state index contributed by atoms with van der Waals surface area (Å²) in [5.41, 5.74) is 7.66. The summed E-state index contributed by atoms with van der Waals surface area (Å²) in [5.74, 6) is 1.17. The highest BCUT2D eigenvalue weighted by Crippen LogP contribution is 2.29. The van der Waals surface area contributed by atoms with Gasteiger partial charge in [-0.15, -0.1) is 0 Å². The van der Waals surface area contributed by atoms with Crippen LogP contribution in [0.2, 0.25) is 0 Å². The van der Waals surface area contributed by atoms with E-state index in [4.69, 9.17) is 15.9 Å². The molecule has 6 nitrogen and oxygen atoms in total. The van der Waals surface area contributed by atoms with Crippen LogP contribution in [0.3, 0.4) is 0 Å². The molecule has 0 saturated carbocycles. The lowest BCUT2D eigenvalue weighted by Gasteiger charge is -2.17. The van der Waals surface area contributed by atoms with Gasteiger partial charge in [-0.2, -0.15) is 0 Å². The van der Waals surface area contributed by atoms with Crippen LogP contribution in [-0.2, 0) is 11.2 Å². The molecule has 21 heavy (non-hydrogen) atoms. The molecular weight excluding hydrogens is 268 g/mol. The van der Waals surface area contributed by atoms with Crippen molar-refractivity contribution in [3.05, 3.63) is 47.8 Å². The van der Waals surface area contributed by atoms with Crippen LogP contribution in [0.4, 0.5) is 5.69 Å². The van der Waals surface area contributed by atoms with Crippen molar-refractivity contribution in [2.24, 2.45) is 5.73 Å². The van der Waals surface area contributed by atoms with E-state index in [2.05, 4.69) is 10.3 Å². The number of carbonyl (C=O) groups excluding carboxylic acids is 1. The summed E-state index contributed by atoms with van der Waals surface area (Å²) in [6.45, 7) is 0. The third kappa shape index (κ3) is 2.84. The quantitative estimate of drug-likeness (QED) is 0.592. The van der Waals surface area contributed by atoms with Gasteiger partial charge < -0.3 is 15.8 Å². The van der Waals surface area contributed by atoms with E-state index in [1.807, 2.05) is 12.1 Å². The fourth-order valence-electron chi connectivity index (χ4n) is 2.18. The summed E-state index contributed by atoms with van der Waals surface area (Å²) in [7, 11) is 0. The number of hydrogen-bond donors (Lipinski definition) is 3. The number of nitrogen functional groups attached to an aromatic ring is 1. The van der Waals surface area contributed by atoms with Gasteiger partial charge in [0.1, 0.15) is 23.0 Å². The first-order valence-electron chi connectivity index (χ1n) is 6.53. The number of hydrogen-bond acceptors (Lipinski definition) is 4. The highest BCUT2D eigenvalue weighted by Gasteiger charge is 2.15. The number of rotatable bonds is 3. The van der Waals surface area contributed by atoms with Gasteiger partial charge in [0.2, 0.25) is 5.91 Å². The molecule has 1 amide bonds. The van der Waals surface area contributed by atoms with E-state index in [0.717, 1.165) is 11.3 Å². The Hall–Kier alpha value is -2.89. The van der Waals surface area contributed by atoms with Crippen LogP contribution in [-0.4, -0.2) is 16.7 Å². The Labute approximate surface area is 121 Å². The van der Waals surface area contributed by atoms with Gasteiger partial charge in [0.25, 0.3) is 0 Å². The van der Waals surface area contributed by atoms with Crippen LogP contribution in [0, 0.1) is 5.41 Å². The highest BCUT2D eigenvalue weighted by molar-refractivity contribution is 5.94. The van der Waals surface area contributed by atoms with Crippen molar-refractivity contribution < 1.29 is 9.53 Å². The first-order valence-corrected chi connectivity index (χ1v) is 6.53. The number of pyridine rings is 1. The third-order valence-electron chi connectivity index (χ3n) is 3.22. The molecule has 0 unspecified atom stereocenters. The van der Waals surface area contributed by atoms with Crippen molar-refractivity contribution in [2.45, 2.75) is 12.8 Å². The molecule has 0 spiro atoms. The summed E-state index contributed by atoms with van der Waals surface area (Å²) in [6, 6.07) is 8.84. The van der Waals surface area contributed by atoms with Gasteiger partial charge in [0.15, 0.2) is 0 Å². The maximum atomic E-state index is 11.3. The zero-order valence-corrected chi connectivity index (χ0v) is 11.2. The maximum absolute atomic E-state index is 11.3. The van der Waals surface area contributed by atoms with Gasteiger partial charge >= 0.3 is 0 Å². The first-order chi connectivity index (χ1) is 10.1. The van der Waals surface area contributed by atoms with Crippen molar-refractivity contribution in [2.75, 3.05) is 5.32 Å². The number of nitrogens with two attached hydrogens (primary N) is 1. The number of benzene rings is 1. The molecule has 0 bridgehead atoms. The van der Waals surface area contributed by atoms with Crippen molar-refractivity contribution in [3.63, 3.8) is 0 Å². The average Bonchev–Trinajstić information content (AvgIpc) is 2.48. The van der Waals surface area contributed by atoms with E-state index in [1.54, 1.807) is 24.4 Å². The molecule has 0 saturated heterocycles. The number of carbonyl (C=O) groups is 1. The Balaban J connectivity index is 1.84. The second kappa shape index (κ2) is 5.24. The minimum atomic E-state index is -0.103. The molecule has 4 N–H and O–H groups in total. The van der Waals surface area contributed by atoms with Crippen LogP contribution in [0.15, 0.2) is 36.5 Å². The summed E-state index contributed by atoms with van der Waals surface area (Å²) in [5, 5.41) is 10.2. The number of amides is 1. The van der Waals surface area contributed by atoms with Gasteiger partial charge in [-0.25, -0.2) is 0 Å².